The van der Waals surface area contributed by atoms with Crippen LogP contribution in [-0.4, -0.2) is 9.97 Å². The van der Waals surface area contributed by atoms with Crippen LogP contribution in [0.25, 0.3) is 11.4 Å². The fourth-order valence-corrected chi connectivity index (χ4v) is 1.17. The summed E-state index contributed by atoms with van der Waals surface area (Å²) < 4.78 is 0. The van der Waals surface area contributed by atoms with Crippen LogP contribution in [0.3, 0.4) is 0 Å². The fourth-order valence-electron chi connectivity index (χ4n) is 1.17. The molecule has 4 nitrogen and oxygen atoms in total. The van der Waals surface area contributed by atoms with Crippen LogP contribution in [0.5, 0.6) is 0 Å². The average molecular weight is 186 g/mol. The minimum absolute atomic E-state index is 0.666. The van der Waals surface area contributed by atoms with Crippen molar-refractivity contribution >= 4 is 11.4 Å². The predicted octanol–water partition coefficient (Wildman–Crippen LogP) is 1.31. The third kappa shape index (κ3) is 1.64. The smallest absolute Gasteiger partial charge is 0.0907 e. The van der Waals surface area contributed by atoms with Crippen molar-refractivity contribution in [2.24, 2.45) is 0 Å². The van der Waals surface area contributed by atoms with E-state index in [4.69, 9.17) is 11.5 Å². The molecule has 2 rings (SSSR count). The average Bonchev–Trinajstić information content (AvgIpc) is 2.18. The first-order valence-electron chi connectivity index (χ1n) is 4.19. The van der Waals surface area contributed by atoms with Crippen molar-refractivity contribution in [2.45, 2.75) is 0 Å². The number of nitrogens with two attached hydrogens (primary N) is 2. The molecule has 0 saturated heterocycles. The lowest BCUT2D eigenvalue weighted by atomic mass is 10.2. The topological polar surface area (TPSA) is 77.8 Å². The van der Waals surface area contributed by atoms with Crippen LogP contribution in [0.2, 0.25) is 0 Å². The summed E-state index contributed by atoms with van der Waals surface area (Å²) in [6.45, 7) is 0. The molecule has 0 spiro atoms. The summed E-state index contributed by atoms with van der Waals surface area (Å²) in [6, 6.07) is 7.00. The molecule has 0 saturated carbocycles. The number of hydrogen-bond donors (Lipinski definition) is 2. The second-order valence-corrected chi connectivity index (χ2v) is 2.95. The molecular weight excluding hydrogens is 176 g/mol. The SMILES string of the molecule is Nc1ccnc(-c2cc(N)ccn2)c1. The normalized spacial score (nSPS) is 10.0. The molecule has 0 amide bonds. The molecule has 0 aliphatic carbocycles. The zero-order valence-corrected chi connectivity index (χ0v) is 7.51. The summed E-state index contributed by atoms with van der Waals surface area (Å²) in [7, 11) is 0. The molecule has 0 radical (unpaired) electrons. The number of pyridine rings is 2. The summed E-state index contributed by atoms with van der Waals surface area (Å²) in [6.07, 6.45) is 3.30. The van der Waals surface area contributed by atoms with Crippen molar-refractivity contribution in [2.75, 3.05) is 11.5 Å². The summed E-state index contributed by atoms with van der Waals surface area (Å²) in [5.74, 6) is 0. The van der Waals surface area contributed by atoms with Gasteiger partial charge in [0.15, 0.2) is 0 Å². The molecule has 14 heavy (non-hydrogen) atoms. The highest BCUT2D eigenvalue weighted by atomic mass is 14.8. The van der Waals surface area contributed by atoms with Gasteiger partial charge in [-0.2, -0.15) is 0 Å². The lowest BCUT2D eigenvalue weighted by molar-refractivity contribution is 1.25. The lowest BCUT2D eigenvalue weighted by Gasteiger charge is -2.01. The fraction of sp³-hybridized carbons (Fsp3) is 0. The van der Waals surface area contributed by atoms with Gasteiger partial charge in [0.1, 0.15) is 0 Å². The first-order valence-corrected chi connectivity index (χ1v) is 4.19. The van der Waals surface area contributed by atoms with Gasteiger partial charge in [0.05, 0.1) is 11.4 Å². The summed E-state index contributed by atoms with van der Waals surface area (Å²) in [5.41, 5.74) is 14.1. The van der Waals surface area contributed by atoms with Gasteiger partial charge < -0.3 is 11.5 Å². The molecule has 2 aromatic rings. The van der Waals surface area contributed by atoms with Crippen LogP contribution >= 0.6 is 0 Å². The molecule has 2 aromatic heterocycles. The van der Waals surface area contributed by atoms with Crippen molar-refractivity contribution in [1.29, 1.82) is 0 Å². The Balaban J connectivity index is 2.49. The Morgan fingerprint density at radius 3 is 1.57 bits per heavy atom. The number of hydrogen-bond acceptors (Lipinski definition) is 4. The van der Waals surface area contributed by atoms with E-state index in [1.165, 1.54) is 0 Å². The predicted molar refractivity (Wildman–Crippen MR) is 56.3 cm³/mol. The molecule has 0 aromatic carbocycles. The van der Waals surface area contributed by atoms with Gasteiger partial charge in [-0.25, -0.2) is 0 Å². The number of aromatic nitrogens is 2. The number of rotatable bonds is 1. The first kappa shape index (κ1) is 8.50. The van der Waals surface area contributed by atoms with Gasteiger partial charge in [-0.15, -0.1) is 0 Å². The molecule has 0 aliphatic heterocycles. The van der Waals surface area contributed by atoms with E-state index in [1.54, 1.807) is 36.7 Å². The Bertz CT molecular complexity index is 410. The van der Waals surface area contributed by atoms with Crippen LogP contribution in [-0.2, 0) is 0 Å². The van der Waals surface area contributed by atoms with Gasteiger partial charge in [-0.3, -0.25) is 9.97 Å². The molecule has 0 atom stereocenters. The van der Waals surface area contributed by atoms with E-state index < -0.39 is 0 Å². The number of anilines is 2. The maximum atomic E-state index is 5.63. The Hall–Kier alpha value is -2.10. The highest BCUT2D eigenvalue weighted by Crippen LogP contribution is 2.17. The van der Waals surface area contributed by atoms with Crippen molar-refractivity contribution in [3.63, 3.8) is 0 Å². The van der Waals surface area contributed by atoms with E-state index in [2.05, 4.69) is 9.97 Å². The number of nitrogen functional groups attached to an aromatic ring is 2. The molecule has 0 unspecified atom stereocenters. The minimum atomic E-state index is 0.666. The quantitative estimate of drug-likeness (QED) is 0.703. The Morgan fingerprint density at radius 1 is 0.786 bits per heavy atom. The third-order valence-electron chi connectivity index (χ3n) is 1.83. The highest BCUT2D eigenvalue weighted by molar-refractivity contribution is 5.62. The molecule has 0 aliphatic rings. The molecule has 70 valence electrons. The second-order valence-electron chi connectivity index (χ2n) is 2.95. The zero-order valence-electron chi connectivity index (χ0n) is 7.51. The van der Waals surface area contributed by atoms with E-state index in [-0.39, 0.29) is 0 Å². The van der Waals surface area contributed by atoms with Gasteiger partial charge in [0.25, 0.3) is 0 Å². The van der Waals surface area contributed by atoms with Crippen molar-refractivity contribution < 1.29 is 0 Å². The van der Waals surface area contributed by atoms with Crippen molar-refractivity contribution in [3.8, 4) is 11.4 Å². The summed E-state index contributed by atoms with van der Waals surface area (Å²) >= 11 is 0. The van der Waals surface area contributed by atoms with Gasteiger partial charge in [-0.05, 0) is 24.3 Å². The van der Waals surface area contributed by atoms with Gasteiger partial charge in [-0.1, -0.05) is 0 Å². The maximum absolute atomic E-state index is 5.63. The van der Waals surface area contributed by atoms with E-state index >= 15 is 0 Å². The minimum Gasteiger partial charge on any atom is -0.399 e. The number of nitrogens with zero attached hydrogens (tertiary/aromatic N) is 2. The Kier molecular flexibility index (Phi) is 2.02. The van der Waals surface area contributed by atoms with E-state index in [0.717, 1.165) is 11.4 Å². The van der Waals surface area contributed by atoms with Crippen LogP contribution in [0.15, 0.2) is 36.7 Å². The molecule has 2 heterocycles. The monoisotopic (exact) mass is 186 g/mol. The molecule has 4 heteroatoms. The van der Waals surface area contributed by atoms with Crippen LogP contribution < -0.4 is 11.5 Å². The van der Waals surface area contributed by atoms with Crippen LogP contribution in [0.4, 0.5) is 11.4 Å². The summed E-state index contributed by atoms with van der Waals surface area (Å²) in [4.78, 5) is 8.31. The van der Waals surface area contributed by atoms with E-state index in [1.807, 2.05) is 0 Å². The largest absolute Gasteiger partial charge is 0.399 e. The van der Waals surface area contributed by atoms with Crippen molar-refractivity contribution in [3.05, 3.63) is 36.7 Å². The molecule has 0 fully saturated rings. The maximum Gasteiger partial charge on any atom is 0.0907 e. The Labute approximate surface area is 81.6 Å². The highest BCUT2D eigenvalue weighted by Gasteiger charge is 2.00. The van der Waals surface area contributed by atoms with Gasteiger partial charge >= 0.3 is 0 Å². The second kappa shape index (κ2) is 3.33. The third-order valence-corrected chi connectivity index (χ3v) is 1.83. The standard InChI is InChI=1S/C10H10N4/c11-7-1-3-13-9(5-7)10-6-8(12)2-4-14-10/h1-6H,(H2,11,13)(H2,12,14). The Morgan fingerprint density at radius 2 is 1.21 bits per heavy atom. The van der Waals surface area contributed by atoms with E-state index in [9.17, 15) is 0 Å². The van der Waals surface area contributed by atoms with Crippen LogP contribution in [0.1, 0.15) is 0 Å². The first-order chi connectivity index (χ1) is 6.75. The van der Waals surface area contributed by atoms with Gasteiger partial charge in [0.2, 0.25) is 0 Å². The molecular formula is C10H10N4. The molecule has 0 bridgehead atoms. The zero-order chi connectivity index (χ0) is 9.97. The lowest BCUT2D eigenvalue weighted by Crippen LogP contribution is -1.92. The van der Waals surface area contributed by atoms with Crippen molar-refractivity contribution in [1.82, 2.24) is 9.97 Å². The molecule has 4 N–H and O–H groups in total. The van der Waals surface area contributed by atoms with E-state index in [0.29, 0.717) is 11.4 Å². The van der Waals surface area contributed by atoms with Crippen LogP contribution in [0, 0.1) is 0 Å². The van der Waals surface area contributed by atoms with Gasteiger partial charge in [0, 0.05) is 23.8 Å². The summed E-state index contributed by atoms with van der Waals surface area (Å²) in [5, 5.41) is 0.